The molecule has 15 heteroatoms. The Bertz CT molecular complexity index is 1400. The molecule has 2 heterocycles. The Morgan fingerprint density at radius 2 is 1.64 bits per heavy atom. The van der Waals surface area contributed by atoms with Crippen LogP contribution < -0.4 is 0 Å². The smallest absolute Gasteiger partial charge is 0.339 e. The number of benzene rings is 2. The average Bonchev–Trinajstić information content (AvgIpc) is 3.36. The van der Waals surface area contributed by atoms with Gasteiger partial charge >= 0.3 is 6.18 Å². The Kier molecular flexibility index (Phi) is 10.1. The number of nitrogens with zero attached hydrogens (tertiary/aromatic N) is 5. The van der Waals surface area contributed by atoms with Crippen LogP contribution in [0.3, 0.4) is 0 Å². The van der Waals surface area contributed by atoms with Crippen molar-refractivity contribution >= 4 is 39.3 Å². The third kappa shape index (κ3) is 7.37. The standard InChI is InChI=1S/C27H33Cl2F4N5O3S/c1-34(2)42(40,41)38-10-8-36(9-11-38)17-26(39)37-15-20(19-5-7-22(28)23(29)13-19)25(16-37)35(3)14-18-4-6-21(24(30)12-18)27(31,32)33/h4-7,12-13,20,25H,8-11,14-17H2,1-3H3/t20-,25+/m1/s1. The van der Waals surface area contributed by atoms with Gasteiger partial charge in [0.25, 0.3) is 10.2 Å². The zero-order valence-corrected chi connectivity index (χ0v) is 25.7. The van der Waals surface area contributed by atoms with Crippen LogP contribution in [0.5, 0.6) is 0 Å². The third-order valence-corrected chi connectivity index (χ3v) is 10.5. The van der Waals surface area contributed by atoms with Crippen LogP contribution in [-0.2, 0) is 27.7 Å². The summed E-state index contributed by atoms with van der Waals surface area (Å²) in [7, 11) is 1.21. The first-order valence-electron chi connectivity index (χ1n) is 13.3. The van der Waals surface area contributed by atoms with Gasteiger partial charge in [-0.15, -0.1) is 0 Å². The molecule has 0 aliphatic carbocycles. The van der Waals surface area contributed by atoms with E-state index >= 15 is 0 Å². The van der Waals surface area contributed by atoms with Gasteiger partial charge in [0, 0.05) is 71.9 Å². The van der Waals surface area contributed by atoms with Gasteiger partial charge in [-0.05, 0) is 42.4 Å². The van der Waals surface area contributed by atoms with Gasteiger partial charge in [-0.1, -0.05) is 35.3 Å². The quantitative estimate of drug-likeness (QED) is 0.403. The van der Waals surface area contributed by atoms with Crippen molar-refractivity contribution in [3.8, 4) is 0 Å². The van der Waals surface area contributed by atoms with Crippen LogP contribution in [0.4, 0.5) is 17.6 Å². The molecule has 0 saturated carbocycles. The van der Waals surface area contributed by atoms with Gasteiger partial charge in [0.2, 0.25) is 5.91 Å². The van der Waals surface area contributed by atoms with Gasteiger partial charge in [0.15, 0.2) is 0 Å². The highest BCUT2D eigenvalue weighted by Gasteiger charge is 2.40. The molecule has 42 heavy (non-hydrogen) atoms. The van der Waals surface area contributed by atoms with Crippen LogP contribution in [0, 0.1) is 5.82 Å². The molecule has 2 atom stereocenters. The first-order chi connectivity index (χ1) is 19.6. The minimum atomic E-state index is -4.78. The average molecular weight is 655 g/mol. The van der Waals surface area contributed by atoms with Crippen molar-refractivity contribution in [2.75, 3.05) is 67.0 Å². The summed E-state index contributed by atoms with van der Waals surface area (Å²) in [5.41, 5.74) is -0.107. The predicted octanol–water partition coefficient (Wildman–Crippen LogP) is 4.00. The van der Waals surface area contributed by atoms with Crippen molar-refractivity contribution in [2.24, 2.45) is 0 Å². The third-order valence-electron chi connectivity index (χ3n) is 7.83. The summed E-state index contributed by atoms with van der Waals surface area (Å²) in [6, 6.07) is 7.88. The summed E-state index contributed by atoms with van der Waals surface area (Å²) in [5, 5.41) is 0.739. The molecular formula is C27H33Cl2F4N5O3S. The molecule has 1 amide bonds. The van der Waals surface area contributed by atoms with Crippen molar-refractivity contribution in [3.05, 3.63) is 69.0 Å². The lowest BCUT2D eigenvalue weighted by molar-refractivity contribution is -0.140. The molecule has 4 rings (SSSR count). The molecule has 0 spiro atoms. The summed E-state index contributed by atoms with van der Waals surface area (Å²) >= 11 is 12.4. The summed E-state index contributed by atoms with van der Waals surface area (Å²) in [6.45, 7) is 2.33. The molecule has 232 valence electrons. The first kappa shape index (κ1) is 32.9. The van der Waals surface area contributed by atoms with E-state index in [9.17, 15) is 30.8 Å². The number of rotatable bonds is 8. The van der Waals surface area contributed by atoms with Gasteiger partial charge in [-0.25, -0.2) is 4.39 Å². The number of likely N-dealkylation sites (N-methyl/N-ethyl adjacent to an activating group) is 1. The normalized spacial score (nSPS) is 21.1. The number of piperazine rings is 1. The van der Waals surface area contributed by atoms with Gasteiger partial charge in [0.1, 0.15) is 5.82 Å². The first-order valence-corrected chi connectivity index (χ1v) is 15.4. The lowest BCUT2D eigenvalue weighted by Gasteiger charge is -2.35. The van der Waals surface area contributed by atoms with E-state index in [1.165, 1.54) is 24.5 Å². The Morgan fingerprint density at radius 3 is 2.21 bits per heavy atom. The van der Waals surface area contributed by atoms with E-state index in [2.05, 4.69) is 0 Å². The number of hydrogen-bond donors (Lipinski definition) is 0. The molecule has 2 aromatic rings. The zero-order valence-electron chi connectivity index (χ0n) is 23.4. The van der Waals surface area contributed by atoms with Crippen molar-refractivity contribution in [2.45, 2.75) is 24.7 Å². The van der Waals surface area contributed by atoms with Crippen LogP contribution in [0.25, 0.3) is 0 Å². The monoisotopic (exact) mass is 653 g/mol. The highest BCUT2D eigenvalue weighted by atomic mass is 35.5. The van der Waals surface area contributed by atoms with E-state index in [4.69, 9.17) is 23.2 Å². The van der Waals surface area contributed by atoms with Crippen LogP contribution in [0.2, 0.25) is 10.0 Å². The van der Waals surface area contributed by atoms with Crippen molar-refractivity contribution in [1.29, 1.82) is 0 Å². The van der Waals surface area contributed by atoms with Crippen molar-refractivity contribution in [1.82, 2.24) is 23.3 Å². The molecule has 2 saturated heterocycles. The molecule has 2 aliphatic rings. The van der Waals surface area contributed by atoms with Crippen LogP contribution in [-0.4, -0.2) is 111 Å². The molecule has 0 unspecified atom stereocenters. The lowest BCUT2D eigenvalue weighted by atomic mass is 9.93. The van der Waals surface area contributed by atoms with Gasteiger partial charge in [-0.2, -0.15) is 30.2 Å². The summed E-state index contributed by atoms with van der Waals surface area (Å²) < 4.78 is 80.7. The molecule has 2 aromatic carbocycles. The van der Waals surface area contributed by atoms with Crippen LogP contribution >= 0.6 is 23.2 Å². The Morgan fingerprint density at radius 1 is 0.976 bits per heavy atom. The van der Waals surface area contributed by atoms with E-state index in [1.807, 2.05) is 15.9 Å². The maximum absolute atomic E-state index is 14.3. The van der Waals surface area contributed by atoms with E-state index in [0.717, 1.165) is 22.0 Å². The van der Waals surface area contributed by atoms with E-state index in [1.54, 1.807) is 24.1 Å². The Balaban J connectivity index is 1.48. The second-order valence-electron chi connectivity index (χ2n) is 10.8. The minimum Gasteiger partial charge on any atom is -0.339 e. The zero-order chi connectivity index (χ0) is 31.0. The highest BCUT2D eigenvalue weighted by molar-refractivity contribution is 7.86. The maximum Gasteiger partial charge on any atom is 0.419 e. The fourth-order valence-electron chi connectivity index (χ4n) is 5.44. The lowest BCUT2D eigenvalue weighted by Crippen LogP contribution is -2.53. The van der Waals surface area contributed by atoms with Crippen LogP contribution in [0.15, 0.2) is 36.4 Å². The summed E-state index contributed by atoms with van der Waals surface area (Å²) in [5.74, 6) is -1.66. The second-order valence-corrected chi connectivity index (χ2v) is 13.8. The van der Waals surface area contributed by atoms with E-state index < -0.39 is 27.8 Å². The number of amides is 1. The molecule has 2 fully saturated rings. The topological polar surface area (TPSA) is 67.4 Å². The number of hydrogen-bond acceptors (Lipinski definition) is 5. The number of halogens is 6. The Labute approximate surface area is 253 Å². The fourth-order valence-corrected chi connectivity index (χ4v) is 6.83. The van der Waals surface area contributed by atoms with Crippen molar-refractivity contribution in [3.63, 3.8) is 0 Å². The molecule has 8 nitrogen and oxygen atoms in total. The number of carbonyl (C=O) groups is 1. The molecular weight excluding hydrogens is 621 g/mol. The number of likely N-dealkylation sites (tertiary alicyclic amines) is 1. The number of alkyl halides is 3. The van der Waals surface area contributed by atoms with Gasteiger partial charge in [-0.3, -0.25) is 14.6 Å². The predicted molar refractivity (Wildman–Crippen MR) is 153 cm³/mol. The molecule has 0 aromatic heterocycles. The van der Waals surface area contributed by atoms with E-state index in [0.29, 0.717) is 41.8 Å². The largest absolute Gasteiger partial charge is 0.419 e. The molecule has 2 aliphatic heterocycles. The van der Waals surface area contributed by atoms with E-state index in [-0.39, 0.29) is 44.0 Å². The number of carbonyl (C=O) groups excluding carboxylic acids is 1. The molecule has 0 N–H and O–H groups in total. The molecule has 0 radical (unpaired) electrons. The van der Waals surface area contributed by atoms with Gasteiger partial charge < -0.3 is 4.90 Å². The SMILES string of the molecule is CN(Cc1ccc(C(F)(F)F)c(F)c1)[C@H]1CN(C(=O)CN2CCN(S(=O)(=O)N(C)C)CC2)C[C@@H]1c1ccc(Cl)c(Cl)c1. The second kappa shape index (κ2) is 12.9. The van der Waals surface area contributed by atoms with Gasteiger partial charge in [0.05, 0.1) is 22.2 Å². The highest BCUT2D eigenvalue weighted by Crippen LogP contribution is 2.36. The van der Waals surface area contributed by atoms with Crippen LogP contribution in [0.1, 0.15) is 22.6 Å². The molecule has 0 bridgehead atoms. The maximum atomic E-state index is 14.3. The summed E-state index contributed by atoms with van der Waals surface area (Å²) in [4.78, 5) is 19.0. The van der Waals surface area contributed by atoms with Crippen molar-refractivity contribution < 1.29 is 30.8 Å². The minimum absolute atomic E-state index is 0.116. The fraction of sp³-hybridized carbons (Fsp3) is 0.519. The summed E-state index contributed by atoms with van der Waals surface area (Å²) in [6.07, 6.45) is -4.78. The Hall–Kier alpha value is -2.00.